The Hall–Kier alpha value is -3.79. The summed E-state index contributed by atoms with van der Waals surface area (Å²) in [5, 5.41) is 3.19. The molecule has 154 valence electrons. The van der Waals surface area contributed by atoms with Crippen LogP contribution in [0.1, 0.15) is 35.3 Å². The Bertz CT molecular complexity index is 1210. The third-order valence-corrected chi connectivity index (χ3v) is 5.98. The number of nitrogens with zero attached hydrogens (tertiary/aromatic N) is 2. The Kier molecular flexibility index (Phi) is 5.04. The molecule has 4 heteroatoms. The zero-order valence-corrected chi connectivity index (χ0v) is 17.5. The zero-order valence-electron chi connectivity index (χ0n) is 17.5. The molecular weight excluding hydrogens is 382 g/mol. The van der Waals surface area contributed by atoms with Crippen molar-refractivity contribution in [1.82, 2.24) is 9.47 Å². The Balaban J connectivity index is 1.62. The largest absolute Gasteiger partial charge is 0.322 e. The lowest BCUT2D eigenvalue weighted by Crippen LogP contribution is -2.38. The molecule has 0 bridgehead atoms. The quantitative estimate of drug-likeness (QED) is 0.433. The van der Waals surface area contributed by atoms with Crippen molar-refractivity contribution in [3.63, 3.8) is 0 Å². The van der Waals surface area contributed by atoms with Gasteiger partial charge >= 0.3 is 6.03 Å². The number of hydrogen-bond acceptors (Lipinski definition) is 1. The minimum atomic E-state index is -0.197. The smallest absolute Gasteiger partial charge is 0.318 e. The molecule has 0 spiro atoms. The molecule has 1 N–H and O–H groups in total. The van der Waals surface area contributed by atoms with E-state index in [9.17, 15) is 4.79 Å². The van der Waals surface area contributed by atoms with Crippen LogP contribution in [0.3, 0.4) is 0 Å². The number of urea groups is 1. The minimum absolute atomic E-state index is 0.0980. The number of para-hydroxylation sites is 2. The van der Waals surface area contributed by atoms with Crippen LogP contribution in [0.2, 0.25) is 0 Å². The molecule has 0 unspecified atom stereocenters. The Labute approximate surface area is 182 Å². The summed E-state index contributed by atoms with van der Waals surface area (Å²) in [5.74, 6) is 0. The van der Waals surface area contributed by atoms with Crippen molar-refractivity contribution in [2.24, 2.45) is 0 Å². The van der Waals surface area contributed by atoms with Crippen molar-refractivity contribution in [1.29, 1.82) is 0 Å². The molecule has 0 fully saturated rings. The highest BCUT2D eigenvalue weighted by molar-refractivity contribution is 5.91. The summed E-state index contributed by atoms with van der Waals surface area (Å²) in [6.07, 6.45) is 2.95. The third kappa shape index (κ3) is 3.50. The summed E-state index contributed by atoms with van der Waals surface area (Å²) >= 11 is 0. The number of amides is 2. The van der Waals surface area contributed by atoms with Crippen LogP contribution >= 0.6 is 0 Å². The van der Waals surface area contributed by atoms with Crippen LogP contribution in [0, 0.1) is 0 Å². The van der Waals surface area contributed by atoms with Gasteiger partial charge in [-0.1, -0.05) is 73.7 Å². The normalized spacial score (nSPS) is 15.0. The summed E-state index contributed by atoms with van der Waals surface area (Å²) in [4.78, 5) is 15.7. The monoisotopic (exact) mass is 407 g/mol. The van der Waals surface area contributed by atoms with Gasteiger partial charge in [0, 0.05) is 17.6 Å². The number of aryl methyl sites for hydroxylation is 1. The molecule has 1 atom stereocenters. The molecule has 0 saturated carbocycles. The highest BCUT2D eigenvalue weighted by Crippen LogP contribution is 2.37. The van der Waals surface area contributed by atoms with Crippen molar-refractivity contribution >= 4 is 11.7 Å². The SMILES string of the molecule is CCc1ccccc1NC(=O)N1Cc2ccccc2-n2cccc2[C@H]1c1ccccc1. The first-order chi connectivity index (χ1) is 15.3. The molecule has 3 aromatic carbocycles. The van der Waals surface area contributed by atoms with E-state index in [0.717, 1.165) is 40.2 Å². The van der Waals surface area contributed by atoms with E-state index in [1.54, 1.807) is 0 Å². The highest BCUT2D eigenvalue weighted by Gasteiger charge is 2.33. The minimum Gasteiger partial charge on any atom is -0.318 e. The second-order valence-electron chi connectivity index (χ2n) is 7.81. The number of nitrogens with one attached hydrogen (secondary N) is 1. The lowest BCUT2D eigenvalue weighted by atomic mass is 10.0. The van der Waals surface area contributed by atoms with Gasteiger partial charge in [-0.05, 0) is 47.4 Å². The number of carbonyl (C=O) groups excluding carboxylic acids is 1. The summed E-state index contributed by atoms with van der Waals surface area (Å²) in [6.45, 7) is 2.63. The van der Waals surface area contributed by atoms with Crippen LogP contribution in [0.15, 0.2) is 97.2 Å². The lowest BCUT2D eigenvalue weighted by Gasteiger charge is -2.31. The van der Waals surface area contributed by atoms with Gasteiger partial charge in [0.1, 0.15) is 0 Å². The maximum Gasteiger partial charge on any atom is 0.322 e. The zero-order chi connectivity index (χ0) is 21.2. The molecule has 1 aliphatic heterocycles. The van der Waals surface area contributed by atoms with Crippen LogP contribution < -0.4 is 5.32 Å². The molecular formula is C27H25N3O. The number of fused-ring (bicyclic) bond motifs is 3. The molecule has 0 aliphatic carbocycles. The molecule has 1 aliphatic rings. The second kappa shape index (κ2) is 8.15. The van der Waals surface area contributed by atoms with Gasteiger partial charge in [0.25, 0.3) is 0 Å². The fraction of sp³-hybridized carbons (Fsp3) is 0.148. The molecule has 2 amide bonds. The summed E-state index contributed by atoms with van der Waals surface area (Å²) in [6, 6.07) is 30.5. The average Bonchev–Trinajstić information content (AvgIpc) is 3.24. The highest BCUT2D eigenvalue weighted by atomic mass is 16.2. The summed E-state index contributed by atoms with van der Waals surface area (Å²) < 4.78 is 2.21. The maximum atomic E-state index is 13.7. The fourth-order valence-corrected chi connectivity index (χ4v) is 4.46. The molecule has 4 aromatic rings. The summed E-state index contributed by atoms with van der Waals surface area (Å²) in [7, 11) is 0. The van der Waals surface area contributed by atoms with Crippen molar-refractivity contribution in [3.8, 4) is 5.69 Å². The van der Waals surface area contributed by atoms with E-state index in [0.29, 0.717) is 6.54 Å². The molecule has 1 aromatic heterocycles. The third-order valence-electron chi connectivity index (χ3n) is 5.98. The Morgan fingerprint density at radius 2 is 1.65 bits per heavy atom. The second-order valence-corrected chi connectivity index (χ2v) is 7.81. The van der Waals surface area contributed by atoms with Gasteiger partial charge in [0.15, 0.2) is 0 Å². The van der Waals surface area contributed by atoms with Crippen LogP contribution in [-0.4, -0.2) is 15.5 Å². The molecule has 0 radical (unpaired) electrons. The number of benzene rings is 3. The van der Waals surface area contributed by atoms with Crippen molar-refractivity contribution in [2.45, 2.75) is 25.9 Å². The predicted molar refractivity (Wildman–Crippen MR) is 124 cm³/mol. The van der Waals surface area contributed by atoms with E-state index in [4.69, 9.17) is 0 Å². The predicted octanol–water partition coefficient (Wildman–Crippen LogP) is 6.18. The maximum absolute atomic E-state index is 13.7. The number of carbonyl (C=O) groups is 1. The van der Waals surface area contributed by atoms with Crippen molar-refractivity contribution < 1.29 is 4.79 Å². The van der Waals surface area contributed by atoms with Crippen LogP contribution in [-0.2, 0) is 13.0 Å². The topological polar surface area (TPSA) is 37.3 Å². The number of hydrogen-bond donors (Lipinski definition) is 1. The van der Waals surface area contributed by atoms with Crippen LogP contribution in [0.5, 0.6) is 0 Å². The van der Waals surface area contributed by atoms with E-state index in [1.807, 2.05) is 53.4 Å². The number of aromatic nitrogens is 1. The lowest BCUT2D eigenvalue weighted by molar-refractivity contribution is 0.194. The van der Waals surface area contributed by atoms with Crippen LogP contribution in [0.25, 0.3) is 5.69 Å². The van der Waals surface area contributed by atoms with Gasteiger partial charge in [-0.3, -0.25) is 0 Å². The standard InChI is InChI=1S/C27H25N3O/c1-2-20-11-6-8-15-23(20)28-27(31)30-19-22-14-7-9-16-24(22)29-18-10-17-25(29)26(30)21-12-4-3-5-13-21/h3-18,26H,2,19H2,1H3,(H,28,31)/t26-/m1/s1. The van der Waals surface area contributed by atoms with Crippen LogP contribution in [0.4, 0.5) is 10.5 Å². The van der Waals surface area contributed by atoms with Gasteiger partial charge in [0.05, 0.1) is 18.3 Å². The Morgan fingerprint density at radius 1 is 0.903 bits per heavy atom. The number of rotatable bonds is 3. The van der Waals surface area contributed by atoms with Gasteiger partial charge < -0.3 is 14.8 Å². The first kappa shape index (κ1) is 19.2. The van der Waals surface area contributed by atoms with E-state index in [-0.39, 0.29) is 12.1 Å². The molecule has 5 rings (SSSR count). The van der Waals surface area contributed by atoms with Gasteiger partial charge in [0.2, 0.25) is 0 Å². The first-order valence-corrected chi connectivity index (χ1v) is 10.7. The number of anilines is 1. The van der Waals surface area contributed by atoms with Gasteiger partial charge in [-0.15, -0.1) is 0 Å². The first-order valence-electron chi connectivity index (χ1n) is 10.7. The Morgan fingerprint density at radius 3 is 2.48 bits per heavy atom. The van der Waals surface area contributed by atoms with Gasteiger partial charge in [-0.2, -0.15) is 0 Å². The molecule has 4 nitrogen and oxygen atoms in total. The van der Waals surface area contributed by atoms with E-state index in [1.165, 1.54) is 0 Å². The average molecular weight is 408 g/mol. The molecule has 2 heterocycles. The summed E-state index contributed by atoms with van der Waals surface area (Å²) in [5.41, 5.74) is 6.41. The van der Waals surface area contributed by atoms with Crippen molar-refractivity contribution in [3.05, 3.63) is 120 Å². The van der Waals surface area contributed by atoms with E-state index in [2.05, 4.69) is 65.5 Å². The fourth-order valence-electron chi connectivity index (χ4n) is 4.46. The van der Waals surface area contributed by atoms with Crippen molar-refractivity contribution in [2.75, 3.05) is 5.32 Å². The van der Waals surface area contributed by atoms with E-state index < -0.39 is 0 Å². The van der Waals surface area contributed by atoms with Gasteiger partial charge in [-0.25, -0.2) is 4.79 Å². The van der Waals surface area contributed by atoms with E-state index >= 15 is 0 Å². The molecule has 0 saturated heterocycles. The molecule has 31 heavy (non-hydrogen) atoms.